The highest BCUT2D eigenvalue weighted by molar-refractivity contribution is 5.86. The Balaban J connectivity index is 2.63. The number of carboxylic acids is 1. The van der Waals surface area contributed by atoms with Crippen molar-refractivity contribution in [2.75, 3.05) is 14.1 Å². The van der Waals surface area contributed by atoms with Crippen molar-refractivity contribution in [3.63, 3.8) is 0 Å². The molecule has 0 aromatic carbocycles. The third kappa shape index (κ3) is 1.77. The zero-order valence-corrected chi connectivity index (χ0v) is 9.21. The molecule has 0 unspecified atom stereocenters. The number of pyridine rings is 1. The monoisotopic (exact) mass is 219 g/mol. The van der Waals surface area contributed by atoms with Gasteiger partial charge in [0.1, 0.15) is 11.3 Å². The maximum Gasteiger partial charge on any atom is 0.352 e. The fourth-order valence-electron chi connectivity index (χ4n) is 1.70. The van der Waals surface area contributed by atoms with Crippen molar-refractivity contribution in [3.8, 4) is 0 Å². The third-order valence-corrected chi connectivity index (χ3v) is 2.30. The van der Waals surface area contributed by atoms with Crippen molar-refractivity contribution in [3.05, 3.63) is 35.8 Å². The fraction of sp³-hybridized carbons (Fsp3) is 0.273. The second-order valence-electron chi connectivity index (χ2n) is 3.90. The largest absolute Gasteiger partial charge is 0.477 e. The van der Waals surface area contributed by atoms with Crippen LogP contribution >= 0.6 is 0 Å². The summed E-state index contributed by atoms with van der Waals surface area (Å²) >= 11 is 0. The Morgan fingerprint density at radius 2 is 2.25 bits per heavy atom. The maximum absolute atomic E-state index is 11.1. The zero-order chi connectivity index (χ0) is 11.7. The molecule has 2 aromatic heterocycles. The summed E-state index contributed by atoms with van der Waals surface area (Å²) in [6, 6.07) is 5.08. The van der Waals surface area contributed by atoms with Gasteiger partial charge < -0.3 is 10.0 Å². The van der Waals surface area contributed by atoms with Gasteiger partial charge in [-0.15, -0.1) is 0 Å². The van der Waals surface area contributed by atoms with E-state index in [4.69, 9.17) is 5.11 Å². The van der Waals surface area contributed by atoms with Crippen LogP contribution in [0.3, 0.4) is 0 Å². The number of imidazole rings is 1. The number of aromatic nitrogens is 2. The van der Waals surface area contributed by atoms with Gasteiger partial charge in [0.25, 0.3) is 0 Å². The Bertz CT molecular complexity index is 531. The molecule has 0 saturated carbocycles. The van der Waals surface area contributed by atoms with E-state index in [0.717, 1.165) is 5.69 Å². The van der Waals surface area contributed by atoms with Crippen molar-refractivity contribution in [1.82, 2.24) is 14.3 Å². The van der Waals surface area contributed by atoms with E-state index in [1.54, 1.807) is 28.8 Å². The van der Waals surface area contributed by atoms with Crippen LogP contribution in [0.4, 0.5) is 0 Å². The molecule has 0 aliphatic carbocycles. The molecule has 0 aliphatic rings. The average molecular weight is 219 g/mol. The van der Waals surface area contributed by atoms with Crippen LogP contribution in [0.25, 0.3) is 5.65 Å². The summed E-state index contributed by atoms with van der Waals surface area (Å²) < 4.78 is 1.67. The Morgan fingerprint density at radius 3 is 2.88 bits per heavy atom. The van der Waals surface area contributed by atoms with Crippen LogP contribution in [0.5, 0.6) is 0 Å². The number of fused-ring (bicyclic) bond motifs is 1. The minimum absolute atomic E-state index is 0.242. The van der Waals surface area contributed by atoms with Crippen LogP contribution in [-0.2, 0) is 6.54 Å². The normalized spacial score (nSPS) is 11.2. The molecular formula is C11H13N3O2. The number of carboxylic acid groups (broad SMARTS) is 1. The maximum atomic E-state index is 11.1. The molecule has 1 N–H and O–H groups in total. The van der Waals surface area contributed by atoms with E-state index in [2.05, 4.69) is 4.98 Å². The molecule has 0 radical (unpaired) electrons. The minimum atomic E-state index is -0.941. The van der Waals surface area contributed by atoms with Crippen LogP contribution in [0.15, 0.2) is 24.4 Å². The summed E-state index contributed by atoms with van der Waals surface area (Å²) in [5.41, 5.74) is 1.78. The van der Waals surface area contributed by atoms with Crippen LogP contribution in [-0.4, -0.2) is 39.5 Å². The lowest BCUT2D eigenvalue weighted by Gasteiger charge is -2.10. The second-order valence-corrected chi connectivity index (χ2v) is 3.90. The molecule has 84 valence electrons. The molecule has 0 fully saturated rings. The predicted molar refractivity (Wildman–Crippen MR) is 59.5 cm³/mol. The highest BCUT2D eigenvalue weighted by Gasteiger charge is 2.12. The number of nitrogens with zero attached hydrogens (tertiary/aromatic N) is 3. The first-order chi connectivity index (χ1) is 7.59. The lowest BCUT2D eigenvalue weighted by atomic mass is 10.3. The predicted octanol–water partition coefficient (Wildman–Crippen LogP) is 1.09. The van der Waals surface area contributed by atoms with Crippen molar-refractivity contribution >= 4 is 11.6 Å². The van der Waals surface area contributed by atoms with Crippen molar-refractivity contribution < 1.29 is 9.90 Å². The Labute approximate surface area is 92.9 Å². The van der Waals surface area contributed by atoms with E-state index in [1.165, 1.54) is 0 Å². The van der Waals surface area contributed by atoms with E-state index >= 15 is 0 Å². The van der Waals surface area contributed by atoms with Crippen LogP contribution in [0, 0.1) is 0 Å². The molecule has 0 spiro atoms. The summed E-state index contributed by atoms with van der Waals surface area (Å²) in [7, 11) is 3.87. The van der Waals surface area contributed by atoms with Crippen molar-refractivity contribution in [2.45, 2.75) is 6.54 Å². The van der Waals surface area contributed by atoms with Crippen molar-refractivity contribution in [1.29, 1.82) is 0 Å². The van der Waals surface area contributed by atoms with Gasteiger partial charge in [-0.3, -0.25) is 4.40 Å². The zero-order valence-electron chi connectivity index (χ0n) is 9.21. The Morgan fingerprint density at radius 1 is 1.50 bits per heavy atom. The molecule has 5 nitrogen and oxygen atoms in total. The van der Waals surface area contributed by atoms with E-state index in [1.807, 2.05) is 19.0 Å². The van der Waals surface area contributed by atoms with E-state index in [0.29, 0.717) is 12.2 Å². The summed E-state index contributed by atoms with van der Waals surface area (Å²) in [5.74, 6) is -0.941. The number of rotatable bonds is 3. The molecule has 0 bridgehead atoms. The molecule has 0 aliphatic heterocycles. The molecule has 2 rings (SSSR count). The van der Waals surface area contributed by atoms with Gasteiger partial charge in [0.05, 0.1) is 11.9 Å². The van der Waals surface area contributed by atoms with Gasteiger partial charge in [0, 0.05) is 6.54 Å². The SMILES string of the molecule is CN(C)Cc1cnc2cccc(C(=O)O)n12. The molecule has 16 heavy (non-hydrogen) atoms. The molecule has 5 heteroatoms. The highest BCUT2D eigenvalue weighted by atomic mass is 16.4. The first-order valence-corrected chi connectivity index (χ1v) is 4.93. The van der Waals surface area contributed by atoms with Crippen molar-refractivity contribution in [2.24, 2.45) is 0 Å². The highest BCUT2D eigenvalue weighted by Crippen LogP contribution is 2.12. The molecule has 0 saturated heterocycles. The molecule has 0 amide bonds. The first kappa shape index (κ1) is 10.6. The smallest absolute Gasteiger partial charge is 0.352 e. The van der Waals surface area contributed by atoms with E-state index in [9.17, 15) is 4.79 Å². The first-order valence-electron chi connectivity index (χ1n) is 4.93. The van der Waals surface area contributed by atoms with Gasteiger partial charge in [-0.05, 0) is 26.2 Å². The lowest BCUT2D eigenvalue weighted by Crippen LogP contribution is -2.14. The van der Waals surface area contributed by atoms with E-state index in [-0.39, 0.29) is 5.69 Å². The van der Waals surface area contributed by atoms with E-state index < -0.39 is 5.97 Å². The van der Waals surface area contributed by atoms with Crippen LogP contribution < -0.4 is 0 Å². The standard InChI is InChI=1S/C11H13N3O2/c1-13(2)7-8-6-12-10-5-3-4-9(11(15)16)14(8)10/h3-6H,7H2,1-2H3,(H,15,16). The van der Waals surface area contributed by atoms with Gasteiger partial charge in [0.15, 0.2) is 0 Å². The molecule has 2 aromatic rings. The molecule has 2 heterocycles. The Hall–Kier alpha value is -1.88. The summed E-state index contributed by atoms with van der Waals surface area (Å²) in [6.07, 6.45) is 1.71. The van der Waals surface area contributed by atoms with Gasteiger partial charge in [0.2, 0.25) is 0 Å². The van der Waals surface area contributed by atoms with Crippen LogP contribution in [0.1, 0.15) is 16.2 Å². The minimum Gasteiger partial charge on any atom is -0.477 e. The quantitative estimate of drug-likeness (QED) is 0.839. The lowest BCUT2D eigenvalue weighted by molar-refractivity contribution is 0.0688. The topological polar surface area (TPSA) is 57.8 Å². The van der Waals surface area contributed by atoms with Gasteiger partial charge in [-0.2, -0.15) is 0 Å². The second kappa shape index (κ2) is 3.94. The van der Waals surface area contributed by atoms with Gasteiger partial charge in [-0.1, -0.05) is 6.07 Å². The Kier molecular flexibility index (Phi) is 2.62. The number of hydrogen-bond donors (Lipinski definition) is 1. The fourth-order valence-corrected chi connectivity index (χ4v) is 1.70. The van der Waals surface area contributed by atoms with Gasteiger partial charge >= 0.3 is 5.97 Å². The number of hydrogen-bond acceptors (Lipinski definition) is 3. The summed E-state index contributed by atoms with van der Waals surface area (Å²) in [5, 5.41) is 9.10. The van der Waals surface area contributed by atoms with Crippen LogP contribution in [0.2, 0.25) is 0 Å². The molecule has 0 atom stereocenters. The third-order valence-electron chi connectivity index (χ3n) is 2.30. The average Bonchev–Trinajstić information content (AvgIpc) is 2.60. The molecular weight excluding hydrogens is 206 g/mol. The van der Waals surface area contributed by atoms with Gasteiger partial charge in [-0.25, -0.2) is 9.78 Å². The summed E-state index contributed by atoms with van der Waals surface area (Å²) in [4.78, 5) is 17.3. The number of aromatic carboxylic acids is 1. The number of carbonyl (C=O) groups is 1. The summed E-state index contributed by atoms with van der Waals surface area (Å²) in [6.45, 7) is 0.658.